The van der Waals surface area contributed by atoms with Gasteiger partial charge in [-0.25, -0.2) is 0 Å². The molecule has 0 bridgehead atoms. The van der Waals surface area contributed by atoms with E-state index in [9.17, 15) is 0 Å². The second-order valence-corrected chi connectivity index (χ2v) is 4.27. The Hall–Kier alpha value is -1.18. The molecule has 1 aliphatic rings. The highest BCUT2D eigenvalue weighted by atomic mass is 16.5. The van der Waals surface area contributed by atoms with Crippen molar-refractivity contribution in [3.63, 3.8) is 0 Å². The molecule has 1 saturated carbocycles. The second kappa shape index (κ2) is 3.52. The van der Waals surface area contributed by atoms with Crippen molar-refractivity contribution in [1.29, 1.82) is 0 Å². The molecule has 76 valence electrons. The summed E-state index contributed by atoms with van der Waals surface area (Å²) in [5.41, 5.74) is 7.88. The molecular weight excluding hydrogens is 174 g/mol. The highest BCUT2D eigenvalue weighted by Gasteiger charge is 2.24. The summed E-state index contributed by atoms with van der Waals surface area (Å²) >= 11 is 0. The van der Waals surface area contributed by atoms with Crippen molar-refractivity contribution in [1.82, 2.24) is 0 Å². The molecule has 0 amide bonds. The molecule has 0 spiro atoms. The zero-order valence-corrected chi connectivity index (χ0v) is 8.79. The van der Waals surface area contributed by atoms with E-state index in [4.69, 9.17) is 10.5 Å². The third-order valence-electron chi connectivity index (χ3n) is 2.52. The normalized spacial score (nSPS) is 15.9. The number of ether oxygens (including phenoxy) is 1. The van der Waals surface area contributed by atoms with Gasteiger partial charge in [0, 0.05) is 0 Å². The summed E-state index contributed by atoms with van der Waals surface area (Å²) in [5.74, 6) is 1.39. The Bertz CT molecular complexity index is 329. The summed E-state index contributed by atoms with van der Waals surface area (Å²) in [6, 6.07) is 6.07. The number of benzene rings is 1. The molecule has 0 atom stereocenters. The Morgan fingerprint density at radius 3 is 2.64 bits per heavy atom. The SMILES string of the molecule is CC(C)c1ccc(N)c(OC2CC2)c1. The number of hydrogen-bond acceptors (Lipinski definition) is 2. The van der Waals surface area contributed by atoms with E-state index >= 15 is 0 Å². The quantitative estimate of drug-likeness (QED) is 0.745. The number of nitrogen functional groups attached to an aromatic ring is 1. The van der Waals surface area contributed by atoms with Gasteiger partial charge in [0.1, 0.15) is 5.75 Å². The first-order valence-electron chi connectivity index (χ1n) is 5.23. The van der Waals surface area contributed by atoms with Crippen LogP contribution >= 0.6 is 0 Å². The highest BCUT2D eigenvalue weighted by molar-refractivity contribution is 5.54. The lowest BCUT2D eigenvalue weighted by Gasteiger charge is -2.11. The maximum Gasteiger partial charge on any atom is 0.142 e. The molecule has 1 aliphatic carbocycles. The van der Waals surface area contributed by atoms with Crippen molar-refractivity contribution in [3.8, 4) is 5.75 Å². The van der Waals surface area contributed by atoms with Gasteiger partial charge in [0.05, 0.1) is 11.8 Å². The van der Waals surface area contributed by atoms with Crippen molar-refractivity contribution in [2.75, 3.05) is 5.73 Å². The lowest BCUT2D eigenvalue weighted by Crippen LogP contribution is -2.01. The Morgan fingerprint density at radius 2 is 2.07 bits per heavy atom. The number of hydrogen-bond donors (Lipinski definition) is 1. The van der Waals surface area contributed by atoms with Crippen LogP contribution in [0.3, 0.4) is 0 Å². The molecule has 1 aromatic carbocycles. The molecule has 1 aromatic rings. The van der Waals surface area contributed by atoms with E-state index in [0.29, 0.717) is 12.0 Å². The first-order valence-corrected chi connectivity index (χ1v) is 5.23. The number of anilines is 1. The molecule has 0 heterocycles. The first kappa shape index (κ1) is 9.38. The Balaban J connectivity index is 2.21. The molecular formula is C12H17NO. The van der Waals surface area contributed by atoms with Gasteiger partial charge in [-0.15, -0.1) is 0 Å². The van der Waals surface area contributed by atoms with Crippen LogP contribution in [0.2, 0.25) is 0 Å². The maximum atomic E-state index is 5.84. The van der Waals surface area contributed by atoms with Gasteiger partial charge in [0.25, 0.3) is 0 Å². The van der Waals surface area contributed by atoms with Crippen LogP contribution in [0.15, 0.2) is 18.2 Å². The van der Waals surface area contributed by atoms with Crippen LogP contribution in [0.25, 0.3) is 0 Å². The molecule has 2 rings (SSSR count). The molecule has 0 radical (unpaired) electrons. The number of nitrogens with two attached hydrogens (primary N) is 1. The van der Waals surface area contributed by atoms with Crippen molar-refractivity contribution in [2.45, 2.75) is 38.7 Å². The van der Waals surface area contributed by atoms with Gasteiger partial charge in [-0.1, -0.05) is 19.9 Å². The van der Waals surface area contributed by atoms with Crippen molar-refractivity contribution in [3.05, 3.63) is 23.8 Å². The minimum absolute atomic E-state index is 0.416. The fourth-order valence-electron chi connectivity index (χ4n) is 1.38. The van der Waals surface area contributed by atoms with Crippen LogP contribution in [-0.2, 0) is 0 Å². The molecule has 0 aromatic heterocycles. The minimum atomic E-state index is 0.416. The fourth-order valence-corrected chi connectivity index (χ4v) is 1.38. The van der Waals surface area contributed by atoms with Crippen LogP contribution in [0.1, 0.15) is 38.2 Å². The molecule has 1 fully saturated rings. The molecule has 0 saturated heterocycles. The molecule has 2 heteroatoms. The Labute approximate surface area is 85.1 Å². The van der Waals surface area contributed by atoms with Crippen molar-refractivity contribution in [2.24, 2.45) is 0 Å². The molecule has 0 aliphatic heterocycles. The average molecular weight is 191 g/mol. The summed E-state index contributed by atoms with van der Waals surface area (Å²) in [4.78, 5) is 0. The van der Waals surface area contributed by atoms with Gasteiger partial charge in [0.15, 0.2) is 0 Å². The number of rotatable bonds is 3. The van der Waals surface area contributed by atoms with Crippen molar-refractivity contribution >= 4 is 5.69 Å². The van der Waals surface area contributed by atoms with Gasteiger partial charge in [-0.3, -0.25) is 0 Å². The van der Waals surface area contributed by atoms with E-state index in [2.05, 4.69) is 26.0 Å². The highest BCUT2D eigenvalue weighted by Crippen LogP contribution is 2.32. The topological polar surface area (TPSA) is 35.2 Å². The van der Waals surface area contributed by atoms with Gasteiger partial charge in [0.2, 0.25) is 0 Å². The van der Waals surface area contributed by atoms with E-state index < -0.39 is 0 Å². The lowest BCUT2D eigenvalue weighted by atomic mass is 10.0. The van der Waals surface area contributed by atoms with E-state index in [1.807, 2.05) is 6.07 Å². The lowest BCUT2D eigenvalue weighted by molar-refractivity contribution is 0.304. The van der Waals surface area contributed by atoms with E-state index in [0.717, 1.165) is 11.4 Å². The summed E-state index contributed by atoms with van der Waals surface area (Å²) in [5, 5.41) is 0. The zero-order chi connectivity index (χ0) is 10.1. The largest absolute Gasteiger partial charge is 0.488 e. The molecule has 0 unspecified atom stereocenters. The summed E-state index contributed by atoms with van der Waals surface area (Å²) in [7, 11) is 0. The smallest absolute Gasteiger partial charge is 0.142 e. The van der Waals surface area contributed by atoms with E-state index in [1.54, 1.807) is 0 Å². The van der Waals surface area contributed by atoms with Crippen LogP contribution < -0.4 is 10.5 Å². The third kappa shape index (κ3) is 2.00. The maximum absolute atomic E-state index is 5.84. The standard InChI is InChI=1S/C12H17NO/c1-8(2)9-3-6-11(13)12(7-9)14-10-4-5-10/h3,6-8,10H,4-5,13H2,1-2H3. The fraction of sp³-hybridized carbons (Fsp3) is 0.500. The predicted octanol–water partition coefficient (Wildman–Crippen LogP) is 2.93. The van der Waals surface area contributed by atoms with Crippen LogP contribution in [-0.4, -0.2) is 6.10 Å². The minimum Gasteiger partial charge on any atom is -0.488 e. The molecule has 2 N–H and O–H groups in total. The van der Waals surface area contributed by atoms with Gasteiger partial charge >= 0.3 is 0 Å². The summed E-state index contributed by atoms with van der Waals surface area (Å²) < 4.78 is 5.72. The van der Waals surface area contributed by atoms with E-state index in [-0.39, 0.29) is 0 Å². The first-order chi connectivity index (χ1) is 6.66. The molecule has 2 nitrogen and oxygen atoms in total. The van der Waals surface area contributed by atoms with Crippen LogP contribution in [0.5, 0.6) is 5.75 Å². The Kier molecular flexibility index (Phi) is 2.36. The third-order valence-corrected chi connectivity index (χ3v) is 2.52. The molecule has 14 heavy (non-hydrogen) atoms. The van der Waals surface area contributed by atoms with Crippen LogP contribution in [0, 0.1) is 0 Å². The van der Waals surface area contributed by atoms with Gasteiger partial charge in [-0.05, 0) is 36.5 Å². The Morgan fingerprint density at radius 1 is 1.36 bits per heavy atom. The zero-order valence-electron chi connectivity index (χ0n) is 8.79. The van der Waals surface area contributed by atoms with Gasteiger partial charge in [-0.2, -0.15) is 0 Å². The second-order valence-electron chi connectivity index (χ2n) is 4.27. The van der Waals surface area contributed by atoms with Crippen molar-refractivity contribution < 1.29 is 4.74 Å². The van der Waals surface area contributed by atoms with Crippen LogP contribution in [0.4, 0.5) is 5.69 Å². The monoisotopic (exact) mass is 191 g/mol. The average Bonchev–Trinajstić information content (AvgIpc) is 2.92. The predicted molar refractivity (Wildman–Crippen MR) is 58.6 cm³/mol. The van der Waals surface area contributed by atoms with E-state index in [1.165, 1.54) is 18.4 Å². The summed E-state index contributed by atoms with van der Waals surface area (Å²) in [6.45, 7) is 4.35. The van der Waals surface area contributed by atoms with Gasteiger partial charge < -0.3 is 10.5 Å². The summed E-state index contributed by atoms with van der Waals surface area (Å²) in [6.07, 6.45) is 2.76.